The maximum absolute atomic E-state index is 6.01. The second-order valence-electron chi connectivity index (χ2n) is 8.52. The standard InChI is InChI=1S/C24H42N6O2/c1-4-25-24(30-11-8-22(9-12-30)32-18-6-17-31-3)27-20-21-7-10-26-23(19-21)29-15-13-28(5-2)14-16-29/h7,10,19,22H,4-6,8-9,11-18,20H2,1-3H3,(H,25,27). The van der Waals surface area contributed by atoms with E-state index in [1.807, 2.05) is 6.20 Å². The minimum Gasteiger partial charge on any atom is -0.385 e. The van der Waals surface area contributed by atoms with Gasteiger partial charge in [0.05, 0.1) is 12.6 Å². The molecule has 8 heteroatoms. The summed E-state index contributed by atoms with van der Waals surface area (Å²) < 4.78 is 11.1. The Morgan fingerprint density at radius 1 is 1.12 bits per heavy atom. The second-order valence-corrected chi connectivity index (χ2v) is 8.52. The van der Waals surface area contributed by atoms with Gasteiger partial charge in [-0.2, -0.15) is 0 Å². The second kappa shape index (κ2) is 13.6. The van der Waals surface area contributed by atoms with Crippen LogP contribution in [0.1, 0.15) is 38.7 Å². The molecular weight excluding hydrogens is 404 g/mol. The molecule has 2 fully saturated rings. The summed E-state index contributed by atoms with van der Waals surface area (Å²) in [4.78, 5) is 16.8. The number of likely N-dealkylation sites (N-methyl/N-ethyl adjacent to an activating group) is 1. The number of rotatable bonds is 10. The van der Waals surface area contributed by atoms with Gasteiger partial charge in [-0.05, 0) is 50.4 Å². The van der Waals surface area contributed by atoms with E-state index in [9.17, 15) is 0 Å². The number of piperazine rings is 1. The lowest BCUT2D eigenvalue weighted by Gasteiger charge is -2.35. The minimum absolute atomic E-state index is 0.349. The lowest BCUT2D eigenvalue weighted by molar-refractivity contribution is 0.00990. The first-order valence-corrected chi connectivity index (χ1v) is 12.3. The van der Waals surface area contributed by atoms with E-state index < -0.39 is 0 Å². The number of nitrogens with zero attached hydrogens (tertiary/aromatic N) is 5. The molecule has 3 rings (SSSR count). The number of guanidine groups is 1. The number of hydrogen-bond donors (Lipinski definition) is 1. The van der Waals surface area contributed by atoms with E-state index in [0.717, 1.165) is 96.6 Å². The molecule has 8 nitrogen and oxygen atoms in total. The van der Waals surface area contributed by atoms with Gasteiger partial charge in [0.2, 0.25) is 0 Å². The molecule has 2 aliphatic heterocycles. The highest BCUT2D eigenvalue weighted by Gasteiger charge is 2.22. The Balaban J connectivity index is 1.52. The zero-order valence-electron chi connectivity index (χ0n) is 20.3. The molecule has 180 valence electrons. The van der Waals surface area contributed by atoms with Gasteiger partial charge in [-0.15, -0.1) is 0 Å². The number of ether oxygens (including phenoxy) is 2. The van der Waals surface area contributed by atoms with E-state index >= 15 is 0 Å². The highest BCUT2D eigenvalue weighted by atomic mass is 16.5. The molecule has 1 aromatic heterocycles. The predicted molar refractivity (Wildman–Crippen MR) is 130 cm³/mol. The fourth-order valence-electron chi connectivity index (χ4n) is 4.30. The number of anilines is 1. The summed E-state index contributed by atoms with van der Waals surface area (Å²) in [5.41, 5.74) is 1.21. The molecule has 1 N–H and O–H groups in total. The smallest absolute Gasteiger partial charge is 0.194 e. The molecule has 0 spiro atoms. The molecule has 32 heavy (non-hydrogen) atoms. The van der Waals surface area contributed by atoms with Gasteiger partial charge in [0.1, 0.15) is 5.82 Å². The van der Waals surface area contributed by atoms with Gasteiger partial charge in [0.15, 0.2) is 5.96 Å². The monoisotopic (exact) mass is 446 g/mol. The first-order valence-electron chi connectivity index (χ1n) is 12.3. The largest absolute Gasteiger partial charge is 0.385 e. The van der Waals surface area contributed by atoms with Crippen molar-refractivity contribution in [1.29, 1.82) is 0 Å². The summed E-state index contributed by atoms with van der Waals surface area (Å²) in [5.74, 6) is 2.07. The van der Waals surface area contributed by atoms with E-state index in [-0.39, 0.29) is 0 Å². The van der Waals surface area contributed by atoms with Crippen LogP contribution in [0.15, 0.2) is 23.3 Å². The van der Waals surface area contributed by atoms with Crippen LogP contribution in [0.25, 0.3) is 0 Å². The summed E-state index contributed by atoms with van der Waals surface area (Å²) >= 11 is 0. The van der Waals surface area contributed by atoms with Crippen molar-refractivity contribution in [2.45, 2.75) is 45.8 Å². The molecule has 3 heterocycles. The molecule has 0 amide bonds. The van der Waals surface area contributed by atoms with E-state index in [0.29, 0.717) is 12.6 Å². The molecule has 0 unspecified atom stereocenters. The third-order valence-electron chi connectivity index (χ3n) is 6.29. The van der Waals surface area contributed by atoms with Crippen LogP contribution < -0.4 is 10.2 Å². The van der Waals surface area contributed by atoms with Crippen LogP contribution in [0, 0.1) is 0 Å². The third-order valence-corrected chi connectivity index (χ3v) is 6.29. The Morgan fingerprint density at radius 2 is 1.91 bits per heavy atom. The van der Waals surface area contributed by atoms with E-state index in [2.05, 4.69) is 51.0 Å². The third kappa shape index (κ3) is 7.60. The van der Waals surface area contributed by atoms with Crippen LogP contribution in [-0.4, -0.2) is 99.5 Å². The first kappa shape index (κ1) is 24.7. The van der Waals surface area contributed by atoms with Crippen molar-refractivity contribution in [1.82, 2.24) is 20.1 Å². The predicted octanol–water partition coefficient (Wildman–Crippen LogP) is 2.21. The van der Waals surface area contributed by atoms with Crippen LogP contribution in [0.3, 0.4) is 0 Å². The fourth-order valence-corrected chi connectivity index (χ4v) is 4.30. The highest BCUT2D eigenvalue weighted by molar-refractivity contribution is 5.80. The number of hydrogen-bond acceptors (Lipinski definition) is 6. The molecule has 0 atom stereocenters. The van der Waals surface area contributed by atoms with Gasteiger partial charge in [-0.1, -0.05) is 6.92 Å². The Hall–Kier alpha value is -1.90. The SMILES string of the molecule is CCNC(=NCc1ccnc(N2CCN(CC)CC2)c1)N1CCC(OCCCOC)CC1. The molecule has 0 saturated carbocycles. The maximum Gasteiger partial charge on any atom is 0.194 e. The first-order chi connectivity index (χ1) is 15.7. The van der Waals surface area contributed by atoms with Gasteiger partial charge in [-0.3, -0.25) is 0 Å². The van der Waals surface area contributed by atoms with Crippen molar-refractivity contribution < 1.29 is 9.47 Å². The lowest BCUT2D eigenvalue weighted by Crippen LogP contribution is -2.47. The van der Waals surface area contributed by atoms with E-state index in [1.54, 1.807) is 7.11 Å². The Morgan fingerprint density at radius 3 is 2.59 bits per heavy atom. The molecule has 0 bridgehead atoms. The fraction of sp³-hybridized carbons (Fsp3) is 0.750. The Kier molecular flexibility index (Phi) is 10.5. The van der Waals surface area contributed by atoms with Crippen molar-refractivity contribution in [2.75, 3.05) is 77.6 Å². The number of likely N-dealkylation sites (tertiary alicyclic amines) is 1. The van der Waals surface area contributed by atoms with Crippen molar-refractivity contribution in [3.63, 3.8) is 0 Å². The van der Waals surface area contributed by atoms with Gasteiger partial charge in [0.25, 0.3) is 0 Å². The summed E-state index contributed by atoms with van der Waals surface area (Å²) in [6.07, 6.45) is 5.32. The van der Waals surface area contributed by atoms with Crippen LogP contribution in [0.2, 0.25) is 0 Å². The zero-order valence-corrected chi connectivity index (χ0v) is 20.3. The molecular formula is C24H42N6O2. The number of nitrogens with one attached hydrogen (secondary N) is 1. The van der Waals surface area contributed by atoms with Gasteiger partial charge in [0, 0.05) is 72.3 Å². The highest BCUT2D eigenvalue weighted by Crippen LogP contribution is 2.17. The quantitative estimate of drug-likeness (QED) is 0.336. The van der Waals surface area contributed by atoms with Crippen molar-refractivity contribution >= 4 is 11.8 Å². The van der Waals surface area contributed by atoms with Gasteiger partial charge < -0.3 is 29.5 Å². The van der Waals surface area contributed by atoms with Crippen molar-refractivity contribution in [3.8, 4) is 0 Å². The van der Waals surface area contributed by atoms with Crippen molar-refractivity contribution in [3.05, 3.63) is 23.9 Å². The van der Waals surface area contributed by atoms with Gasteiger partial charge in [-0.25, -0.2) is 9.98 Å². The topological polar surface area (TPSA) is 65.5 Å². The summed E-state index contributed by atoms with van der Waals surface area (Å²) in [6, 6.07) is 4.29. The normalized spacial score (nSPS) is 18.9. The molecule has 2 aliphatic rings. The number of aromatic nitrogens is 1. The number of piperidine rings is 1. The van der Waals surface area contributed by atoms with Crippen molar-refractivity contribution in [2.24, 2.45) is 4.99 Å². The molecule has 2 saturated heterocycles. The summed E-state index contributed by atoms with van der Waals surface area (Å²) in [7, 11) is 1.74. The molecule has 0 aromatic carbocycles. The number of methoxy groups -OCH3 is 1. The molecule has 0 radical (unpaired) electrons. The van der Waals surface area contributed by atoms with Crippen LogP contribution >= 0.6 is 0 Å². The summed E-state index contributed by atoms with van der Waals surface area (Å²) in [5, 5.41) is 3.47. The maximum atomic E-state index is 6.01. The summed E-state index contributed by atoms with van der Waals surface area (Å²) in [6.45, 7) is 14.8. The molecule has 0 aliphatic carbocycles. The number of aliphatic imine (C=N–C) groups is 1. The zero-order chi connectivity index (χ0) is 22.6. The van der Waals surface area contributed by atoms with Crippen LogP contribution in [0.4, 0.5) is 5.82 Å². The molecule has 1 aromatic rings. The van der Waals surface area contributed by atoms with Gasteiger partial charge >= 0.3 is 0 Å². The minimum atomic E-state index is 0.349. The average molecular weight is 447 g/mol. The van der Waals surface area contributed by atoms with E-state index in [1.165, 1.54) is 5.56 Å². The van der Waals surface area contributed by atoms with E-state index in [4.69, 9.17) is 14.5 Å². The lowest BCUT2D eigenvalue weighted by atomic mass is 10.1. The van der Waals surface area contributed by atoms with Crippen LogP contribution in [0.5, 0.6) is 0 Å². The average Bonchev–Trinajstić information content (AvgIpc) is 2.85. The number of pyridine rings is 1. The Bertz CT molecular complexity index is 685. The Labute approximate surface area is 194 Å². The van der Waals surface area contributed by atoms with Crippen LogP contribution in [-0.2, 0) is 16.0 Å².